The van der Waals surface area contributed by atoms with Gasteiger partial charge in [-0.05, 0) is 60.4 Å². The van der Waals surface area contributed by atoms with Crippen LogP contribution in [-0.2, 0) is 15.0 Å². The van der Waals surface area contributed by atoms with Crippen LogP contribution in [0.25, 0.3) is 0 Å². The van der Waals surface area contributed by atoms with Crippen LogP contribution in [0.4, 0.5) is 37.7 Å². The highest BCUT2D eigenvalue weighted by Gasteiger charge is 2.73. The third-order valence-electron chi connectivity index (χ3n) is 4.91. The fourth-order valence-corrected chi connectivity index (χ4v) is 4.08. The van der Waals surface area contributed by atoms with E-state index in [1.54, 1.807) is 0 Å². The Bertz CT molecular complexity index is 1030. The maximum atomic E-state index is 14.5. The van der Waals surface area contributed by atoms with E-state index in [0.29, 0.717) is 12.1 Å². The summed E-state index contributed by atoms with van der Waals surface area (Å²) in [4.78, 5) is 22.6. The summed E-state index contributed by atoms with van der Waals surface area (Å²) in [5, 5.41) is 3.50. The van der Waals surface area contributed by atoms with E-state index >= 15 is 0 Å². The number of halogens is 8. The monoisotopic (exact) mass is 514 g/mol. The molecule has 12 heteroatoms. The first-order chi connectivity index (χ1) is 14.9. The van der Waals surface area contributed by atoms with Gasteiger partial charge in [0.1, 0.15) is 0 Å². The van der Waals surface area contributed by atoms with E-state index < -0.39 is 61.9 Å². The third-order valence-corrected chi connectivity index (χ3v) is 5.53. The number of carbonyl (C=O) groups is 2. The van der Waals surface area contributed by atoms with Gasteiger partial charge in [-0.3, -0.25) is 9.59 Å². The summed E-state index contributed by atoms with van der Waals surface area (Å²) >= 11 is 11.9. The number of rotatable bonds is 4. The number of hydrogen-bond donors (Lipinski definition) is 2. The van der Waals surface area contributed by atoms with Crippen molar-refractivity contribution in [1.82, 2.24) is 0 Å². The van der Waals surface area contributed by atoms with Crippen LogP contribution in [-0.4, -0.2) is 24.2 Å². The molecule has 0 aliphatic heterocycles. The van der Waals surface area contributed by atoms with Crippen LogP contribution in [0.1, 0.15) is 36.1 Å². The molecule has 0 saturated carbocycles. The van der Waals surface area contributed by atoms with Crippen molar-refractivity contribution in [3.8, 4) is 0 Å². The Morgan fingerprint density at radius 2 is 1.00 bits per heavy atom. The highest BCUT2D eigenvalue weighted by Crippen LogP contribution is 2.58. The van der Waals surface area contributed by atoms with Crippen LogP contribution < -0.4 is 10.6 Å². The molecular formula is C21H18Cl2F6N2O2. The average Bonchev–Trinajstić information content (AvgIpc) is 2.60. The van der Waals surface area contributed by atoms with Crippen LogP contribution in [0.2, 0.25) is 10.0 Å². The Balaban J connectivity index is 3.01. The second-order valence-electron chi connectivity index (χ2n) is 7.40. The fourth-order valence-electron chi connectivity index (χ4n) is 3.66. The van der Waals surface area contributed by atoms with Gasteiger partial charge in [-0.15, -0.1) is 0 Å². The van der Waals surface area contributed by atoms with Crippen molar-refractivity contribution in [1.29, 1.82) is 0 Å². The van der Waals surface area contributed by atoms with Gasteiger partial charge in [-0.25, -0.2) is 0 Å². The van der Waals surface area contributed by atoms with Gasteiger partial charge in [0.2, 0.25) is 17.2 Å². The van der Waals surface area contributed by atoms with Crippen LogP contribution in [0.5, 0.6) is 0 Å². The molecule has 2 N–H and O–H groups in total. The minimum Gasteiger partial charge on any atom is -0.325 e. The Kier molecular flexibility index (Phi) is 7.35. The first-order valence-corrected chi connectivity index (χ1v) is 9.99. The molecule has 0 heterocycles. The lowest BCUT2D eigenvalue weighted by Crippen LogP contribution is -2.55. The second-order valence-corrected chi connectivity index (χ2v) is 8.22. The summed E-state index contributed by atoms with van der Waals surface area (Å²) in [6.07, 6.45) is -11.8. The molecule has 0 saturated heterocycles. The second kappa shape index (κ2) is 9.06. The smallest absolute Gasteiger partial charge is 0.325 e. The van der Waals surface area contributed by atoms with Crippen molar-refractivity contribution in [2.75, 3.05) is 10.6 Å². The number of carbonyl (C=O) groups excluding carboxylic acids is 2. The molecule has 2 aromatic carbocycles. The largest absolute Gasteiger partial charge is 0.411 e. The predicted octanol–water partition coefficient (Wildman–Crippen LogP) is 6.94. The molecule has 2 aromatic rings. The standard InChI is InChI=1S/C21H18Cl2F6N2O2/c1-9-5-17(30-11(3)32)15(22)7-13(9)19(20(24,25)26,21(27,28)29)14-8-16(23)18(6-10(14)2)31-12(4)33/h5-8H,1-4H3,(H,30,32)(H,31,33). The minimum atomic E-state index is -5.88. The molecule has 0 aliphatic carbocycles. The number of anilines is 2. The van der Waals surface area contributed by atoms with Crippen molar-refractivity contribution in [3.63, 3.8) is 0 Å². The molecule has 2 rings (SSSR count). The van der Waals surface area contributed by atoms with Crippen LogP contribution >= 0.6 is 23.2 Å². The number of aryl methyl sites for hydroxylation is 2. The fraction of sp³-hybridized carbons (Fsp3) is 0.333. The molecule has 0 bridgehead atoms. The average molecular weight is 515 g/mol. The lowest BCUT2D eigenvalue weighted by atomic mass is 9.69. The van der Waals surface area contributed by atoms with Gasteiger partial charge >= 0.3 is 12.4 Å². The zero-order valence-corrected chi connectivity index (χ0v) is 19.2. The Morgan fingerprint density at radius 1 is 0.697 bits per heavy atom. The third kappa shape index (κ3) is 4.91. The lowest BCUT2D eigenvalue weighted by Gasteiger charge is -2.40. The Labute approximate surface area is 195 Å². The van der Waals surface area contributed by atoms with E-state index in [-0.39, 0.29) is 11.4 Å². The van der Waals surface area contributed by atoms with E-state index in [1.807, 2.05) is 0 Å². The van der Waals surface area contributed by atoms with Gasteiger partial charge in [0, 0.05) is 13.8 Å². The number of hydrogen-bond acceptors (Lipinski definition) is 2. The van der Waals surface area contributed by atoms with Gasteiger partial charge in [-0.2, -0.15) is 26.3 Å². The molecule has 33 heavy (non-hydrogen) atoms. The lowest BCUT2D eigenvalue weighted by molar-refractivity contribution is -0.289. The van der Waals surface area contributed by atoms with Crippen LogP contribution in [0.3, 0.4) is 0 Å². The van der Waals surface area contributed by atoms with Crippen LogP contribution in [0.15, 0.2) is 24.3 Å². The van der Waals surface area contributed by atoms with Gasteiger partial charge in [0.05, 0.1) is 21.4 Å². The molecule has 180 valence electrons. The van der Waals surface area contributed by atoms with Crippen molar-refractivity contribution >= 4 is 46.4 Å². The molecule has 0 spiro atoms. The first-order valence-electron chi connectivity index (χ1n) is 9.23. The highest BCUT2D eigenvalue weighted by molar-refractivity contribution is 6.34. The molecule has 0 fully saturated rings. The SMILES string of the molecule is CC(=O)Nc1cc(C)c(C(c2cc(Cl)c(NC(C)=O)cc2C)(C(F)(F)F)C(F)(F)F)cc1Cl. The minimum absolute atomic E-state index is 0.139. The molecule has 0 aromatic heterocycles. The number of nitrogens with one attached hydrogen (secondary N) is 2. The molecule has 0 unspecified atom stereocenters. The molecular weight excluding hydrogens is 497 g/mol. The zero-order chi connectivity index (χ0) is 25.5. The number of alkyl halides is 6. The molecule has 0 radical (unpaired) electrons. The van der Waals surface area contributed by atoms with E-state index in [9.17, 15) is 35.9 Å². The topological polar surface area (TPSA) is 58.2 Å². The van der Waals surface area contributed by atoms with E-state index in [0.717, 1.165) is 39.8 Å². The molecule has 0 aliphatic rings. The van der Waals surface area contributed by atoms with Gasteiger partial charge in [0.15, 0.2) is 0 Å². The van der Waals surface area contributed by atoms with Crippen molar-refractivity contribution in [2.45, 2.75) is 45.5 Å². The summed E-state index contributed by atoms with van der Waals surface area (Å²) < 4.78 is 87.3. The number of amides is 2. The summed E-state index contributed by atoms with van der Waals surface area (Å²) in [5.74, 6) is -1.23. The Hall–Kier alpha value is -2.46. The van der Waals surface area contributed by atoms with Crippen molar-refractivity contribution in [2.24, 2.45) is 0 Å². The quantitative estimate of drug-likeness (QED) is 0.434. The maximum absolute atomic E-state index is 14.5. The van der Waals surface area contributed by atoms with Gasteiger partial charge in [-0.1, -0.05) is 23.2 Å². The van der Waals surface area contributed by atoms with Crippen molar-refractivity contribution < 1.29 is 35.9 Å². The molecule has 0 atom stereocenters. The summed E-state index contributed by atoms with van der Waals surface area (Å²) in [5.41, 5.74) is -7.97. The summed E-state index contributed by atoms with van der Waals surface area (Å²) in [6.45, 7) is 4.31. The molecule has 4 nitrogen and oxygen atoms in total. The highest BCUT2D eigenvalue weighted by atomic mass is 35.5. The summed E-state index contributed by atoms with van der Waals surface area (Å²) in [7, 11) is 0. The normalized spacial score (nSPS) is 12.5. The van der Waals surface area contributed by atoms with Gasteiger partial charge in [0.25, 0.3) is 0 Å². The van der Waals surface area contributed by atoms with Crippen LogP contribution in [0, 0.1) is 13.8 Å². The molecule has 2 amide bonds. The van der Waals surface area contributed by atoms with Crippen molar-refractivity contribution in [3.05, 3.63) is 56.6 Å². The van der Waals surface area contributed by atoms with Gasteiger partial charge < -0.3 is 10.6 Å². The number of benzene rings is 2. The first kappa shape index (κ1) is 26.8. The zero-order valence-electron chi connectivity index (χ0n) is 17.6. The van der Waals surface area contributed by atoms with E-state index in [1.165, 1.54) is 0 Å². The predicted molar refractivity (Wildman–Crippen MR) is 114 cm³/mol. The maximum Gasteiger partial charge on any atom is 0.411 e. The summed E-state index contributed by atoms with van der Waals surface area (Å²) in [6, 6.07) is 2.96. The Morgan fingerprint density at radius 3 is 1.24 bits per heavy atom. The van der Waals surface area contributed by atoms with E-state index in [4.69, 9.17) is 23.2 Å². The van der Waals surface area contributed by atoms with E-state index in [2.05, 4.69) is 10.6 Å².